The van der Waals surface area contributed by atoms with E-state index in [1.165, 1.54) is 5.56 Å². The highest BCUT2D eigenvalue weighted by Crippen LogP contribution is 2.37. The van der Waals surface area contributed by atoms with Gasteiger partial charge in [0.05, 0.1) is 23.0 Å². The van der Waals surface area contributed by atoms with Crippen molar-refractivity contribution in [2.75, 3.05) is 0 Å². The maximum Gasteiger partial charge on any atom is 0.339 e. The molecule has 5 rings (SSSR count). The summed E-state index contributed by atoms with van der Waals surface area (Å²) in [6, 6.07) is 16.1. The van der Waals surface area contributed by atoms with Gasteiger partial charge in [-0.15, -0.1) is 0 Å². The molecule has 184 valence electrons. The van der Waals surface area contributed by atoms with Crippen molar-refractivity contribution in [2.24, 2.45) is 0 Å². The molecule has 0 spiro atoms. The largest absolute Gasteiger partial charge is 0.465 e. The molecule has 0 saturated heterocycles. The van der Waals surface area contributed by atoms with Crippen LogP contribution in [-0.4, -0.2) is 11.0 Å². The summed E-state index contributed by atoms with van der Waals surface area (Å²) >= 11 is 0. The molecule has 0 bridgehead atoms. The molecule has 36 heavy (non-hydrogen) atoms. The summed E-state index contributed by atoms with van der Waals surface area (Å²) in [5, 5.41) is 0.844. The van der Waals surface area contributed by atoms with Crippen LogP contribution in [0.2, 0.25) is 0 Å². The number of aryl methyl sites for hydroxylation is 2. The Morgan fingerprint density at radius 3 is 2.50 bits per heavy atom. The van der Waals surface area contributed by atoms with E-state index in [4.69, 9.17) is 14.1 Å². The average Bonchev–Trinajstić information content (AvgIpc) is 3.34. The number of benzene rings is 2. The molecule has 2 aromatic heterocycles. The lowest BCUT2D eigenvalue weighted by atomic mass is 9.84. The van der Waals surface area contributed by atoms with E-state index in [1.54, 1.807) is 6.26 Å². The predicted octanol–water partition coefficient (Wildman–Crippen LogP) is 7.98. The van der Waals surface area contributed by atoms with Crippen molar-refractivity contribution in [3.8, 4) is 0 Å². The minimum Gasteiger partial charge on any atom is -0.465 e. The predicted molar refractivity (Wildman–Crippen MR) is 145 cm³/mol. The quantitative estimate of drug-likeness (QED) is 0.278. The first-order valence-corrected chi connectivity index (χ1v) is 12.7. The first-order valence-electron chi connectivity index (χ1n) is 12.7. The Kier molecular flexibility index (Phi) is 6.29. The third-order valence-corrected chi connectivity index (χ3v) is 7.14. The number of carbonyl (C=O) groups excluding carboxylic acids is 1. The second-order valence-corrected chi connectivity index (χ2v) is 10.8. The molecule has 4 nitrogen and oxygen atoms in total. The van der Waals surface area contributed by atoms with Crippen LogP contribution in [0.1, 0.15) is 83.2 Å². The number of carbonyl (C=O) groups is 1. The standard InChI is InChI=1S/C32H33NO3/c1-20-16-23(32(3,4)5)17-21(2)27(20)19-36-31(34)29-25-12-6-7-14-28(25)33-30-22(10-8-13-26(29)30)18-24-11-9-15-35-24/h6-7,9,11-12,14-18H,8,10,13,19H2,1-5H3. The van der Waals surface area contributed by atoms with Crippen LogP contribution in [0, 0.1) is 13.8 Å². The lowest BCUT2D eigenvalue weighted by Gasteiger charge is -2.23. The van der Waals surface area contributed by atoms with Gasteiger partial charge in [-0.1, -0.05) is 51.1 Å². The van der Waals surface area contributed by atoms with Gasteiger partial charge in [0.15, 0.2) is 0 Å². The van der Waals surface area contributed by atoms with Crippen LogP contribution in [0.3, 0.4) is 0 Å². The van der Waals surface area contributed by atoms with Crippen LogP contribution in [-0.2, 0) is 23.2 Å². The molecule has 2 heterocycles. The molecule has 1 aliphatic rings. The summed E-state index contributed by atoms with van der Waals surface area (Å²) in [7, 11) is 0. The molecule has 0 saturated carbocycles. The SMILES string of the molecule is Cc1cc(C(C)(C)C)cc(C)c1COC(=O)c1c2c(nc3ccccc13)C(=Cc1ccco1)CCC2. The fourth-order valence-electron chi connectivity index (χ4n) is 5.12. The van der Waals surface area contributed by atoms with Gasteiger partial charge < -0.3 is 9.15 Å². The van der Waals surface area contributed by atoms with Crippen molar-refractivity contribution in [3.05, 3.63) is 99.6 Å². The highest BCUT2D eigenvalue weighted by atomic mass is 16.5. The Hall–Kier alpha value is -3.66. The van der Waals surface area contributed by atoms with Gasteiger partial charge in [-0.3, -0.25) is 0 Å². The number of hydrogen-bond acceptors (Lipinski definition) is 4. The van der Waals surface area contributed by atoms with Crippen LogP contribution < -0.4 is 0 Å². The van der Waals surface area contributed by atoms with Gasteiger partial charge in [0.2, 0.25) is 0 Å². The van der Waals surface area contributed by atoms with E-state index in [0.717, 1.165) is 69.4 Å². The molecule has 0 fully saturated rings. The van der Waals surface area contributed by atoms with Crippen molar-refractivity contribution < 1.29 is 13.9 Å². The topological polar surface area (TPSA) is 52.3 Å². The van der Waals surface area contributed by atoms with Crippen LogP contribution in [0.25, 0.3) is 22.6 Å². The zero-order valence-electron chi connectivity index (χ0n) is 21.8. The van der Waals surface area contributed by atoms with Gasteiger partial charge in [-0.2, -0.15) is 0 Å². The van der Waals surface area contributed by atoms with E-state index in [0.29, 0.717) is 5.56 Å². The van der Waals surface area contributed by atoms with E-state index in [2.05, 4.69) is 46.8 Å². The molecule has 0 unspecified atom stereocenters. The van der Waals surface area contributed by atoms with Crippen molar-refractivity contribution >= 4 is 28.5 Å². The summed E-state index contributed by atoms with van der Waals surface area (Å²) in [6.45, 7) is 11.1. The number of furan rings is 1. The molecule has 0 aliphatic heterocycles. The van der Waals surface area contributed by atoms with Crippen LogP contribution in [0.4, 0.5) is 0 Å². The molecule has 0 amide bonds. The number of pyridine rings is 1. The normalized spacial score (nSPS) is 14.8. The Morgan fingerprint density at radius 1 is 1.06 bits per heavy atom. The first kappa shape index (κ1) is 24.1. The number of fused-ring (bicyclic) bond motifs is 2. The molecular weight excluding hydrogens is 446 g/mol. The fraction of sp³-hybridized carbons (Fsp3) is 0.312. The van der Waals surface area contributed by atoms with Gasteiger partial charge in [0.1, 0.15) is 12.4 Å². The molecule has 0 atom stereocenters. The average molecular weight is 480 g/mol. The first-order chi connectivity index (χ1) is 17.2. The fourth-order valence-corrected chi connectivity index (χ4v) is 5.12. The summed E-state index contributed by atoms with van der Waals surface area (Å²) in [4.78, 5) is 18.7. The van der Waals surface area contributed by atoms with Gasteiger partial charge >= 0.3 is 5.97 Å². The number of aromatic nitrogens is 1. The van der Waals surface area contributed by atoms with Crippen LogP contribution in [0.15, 0.2) is 59.2 Å². The van der Waals surface area contributed by atoms with E-state index < -0.39 is 0 Å². The number of rotatable bonds is 4. The van der Waals surface area contributed by atoms with E-state index in [9.17, 15) is 4.79 Å². The summed E-state index contributed by atoms with van der Waals surface area (Å²) in [6.07, 6.45) is 6.35. The zero-order valence-corrected chi connectivity index (χ0v) is 21.8. The lowest BCUT2D eigenvalue weighted by Crippen LogP contribution is -2.16. The van der Waals surface area contributed by atoms with Crippen LogP contribution >= 0.6 is 0 Å². The number of allylic oxidation sites excluding steroid dienone is 1. The van der Waals surface area contributed by atoms with Gasteiger partial charge in [0, 0.05) is 5.39 Å². The monoisotopic (exact) mass is 479 g/mol. The van der Waals surface area contributed by atoms with Crippen molar-refractivity contribution in [1.82, 2.24) is 4.98 Å². The van der Waals surface area contributed by atoms with Gasteiger partial charge in [-0.25, -0.2) is 9.78 Å². The lowest BCUT2D eigenvalue weighted by molar-refractivity contribution is 0.0472. The molecule has 0 N–H and O–H groups in total. The summed E-state index contributed by atoms with van der Waals surface area (Å²) < 4.78 is 11.6. The van der Waals surface area contributed by atoms with Gasteiger partial charge in [0.25, 0.3) is 0 Å². The van der Waals surface area contributed by atoms with E-state index >= 15 is 0 Å². The number of hydrogen-bond donors (Lipinski definition) is 0. The van der Waals surface area contributed by atoms with E-state index in [1.807, 2.05) is 42.5 Å². The molecule has 4 heteroatoms. The Labute approximate surface area is 213 Å². The second kappa shape index (κ2) is 9.42. The van der Waals surface area contributed by atoms with Crippen molar-refractivity contribution in [1.29, 1.82) is 0 Å². The van der Waals surface area contributed by atoms with Gasteiger partial charge in [-0.05, 0) is 96.2 Å². The van der Waals surface area contributed by atoms with E-state index in [-0.39, 0.29) is 18.0 Å². The summed E-state index contributed by atoms with van der Waals surface area (Å²) in [5.74, 6) is 0.504. The maximum atomic E-state index is 13.7. The zero-order chi connectivity index (χ0) is 25.4. The molecular formula is C32H33NO3. The minimum absolute atomic E-state index is 0.0701. The summed E-state index contributed by atoms with van der Waals surface area (Å²) in [5.41, 5.74) is 9.12. The second-order valence-electron chi connectivity index (χ2n) is 10.8. The molecule has 0 radical (unpaired) electrons. The molecule has 2 aromatic carbocycles. The van der Waals surface area contributed by atoms with Crippen molar-refractivity contribution in [2.45, 2.75) is 65.9 Å². The molecule has 4 aromatic rings. The smallest absolute Gasteiger partial charge is 0.339 e. The minimum atomic E-state index is -0.289. The third kappa shape index (κ3) is 4.60. The number of para-hydroxylation sites is 1. The Balaban J connectivity index is 1.53. The third-order valence-electron chi connectivity index (χ3n) is 7.14. The maximum absolute atomic E-state index is 13.7. The molecule has 1 aliphatic carbocycles. The van der Waals surface area contributed by atoms with Crippen LogP contribution in [0.5, 0.6) is 0 Å². The number of nitrogens with zero attached hydrogens (tertiary/aromatic N) is 1. The highest BCUT2D eigenvalue weighted by molar-refractivity contribution is 6.06. The highest BCUT2D eigenvalue weighted by Gasteiger charge is 2.26. The number of esters is 1. The Bertz CT molecular complexity index is 1450. The number of ether oxygens (including phenoxy) is 1. The Morgan fingerprint density at radius 2 is 1.81 bits per heavy atom. The van der Waals surface area contributed by atoms with Crippen molar-refractivity contribution in [3.63, 3.8) is 0 Å².